The summed E-state index contributed by atoms with van der Waals surface area (Å²) in [5.74, 6) is -0.586. The molecule has 0 saturated heterocycles. The summed E-state index contributed by atoms with van der Waals surface area (Å²) in [5, 5.41) is 0. The Hall–Kier alpha value is -1.88. The molecule has 0 N–H and O–H groups in total. The summed E-state index contributed by atoms with van der Waals surface area (Å²) in [5.41, 5.74) is 1.36. The summed E-state index contributed by atoms with van der Waals surface area (Å²) < 4.78 is 13.1. The van der Waals surface area contributed by atoms with Crippen LogP contribution >= 0.6 is 12.6 Å². The van der Waals surface area contributed by atoms with Crippen molar-refractivity contribution < 1.29 is 9.18 Å². The van der Waals surface area contributed by atoms with Crippen LogP contribution in [0.1, 0.15) is 16.1 Å². The van der Waals surface area contributed by atoms with Gasteiger partial charge in [-0.2, -0.15) is 0 Å². The number of pyridine rings is 1. The summed E-state index contributed by atoms with van der Waals surface area (Å²) in [6, 6.07) is 9.85. The highest BCUT2D eigenvalue weighted by Gasteiger charge is 2.13. The SMILES string of the molecule is CN(CCc1ccccn1)C(=O)c1ccc(F)c(S)c1. The zero-order valence-corrected chi connectivity index (χ0v) is 12.0. The number of likely N-dealkylation sites (N-methyl/N-ethyl adjacent to an activating group) is 1. The highest BCUT2D eigenvalue weighted by molar-refractivity contribution is 7.80. The molecule has 0 bridgehead atoms. The van der Waals surface area contributed by atoms with Gasteiger partial charge in [-0.3, -0.25) is 9.78 Å². The van der Waals surface area contributed by atoms with Gasteiger partial charge >= 0.3 is 0 Å². The predicted molar refractivity (Wildman–Crippen MR) is 78.6 cm³/mol. The summed E-state index contributed by atoms with van der Waals surface area (Å²) >= 11 is 3.98. The molecule has 0 aliphatic rings. The Balaban J connectivity index is 1.99. The number of carbonyl (C=O) groups excluding carboxylic acids is 1. The fraction of sp³-hybridized carbons (Fsp3) is 0.200. The van der Waals surface area contributed by atoms with Crippen molar-refractivity contribution in [1.82, 2.24) is 9.88 Å². The molecule has 104 valence electrons. The van der Waals surface area contributed by atoms with Gasteiger partial charge in [-0.05, 0) is 30.3 Å². The molecule has 5 heteroatoms. The highest BCUT2D eigenvalue weighted by Crippen LogP contribution is 2.15. The zero-order chi connectivity index (χ0) is 14.5. The molecule has 2 rings (SSSR count). The van der Waals surface area contributed by atoms with Gasteiger partial charge in [-0.25, -0.2) is 4.39 Å². The molecule has 0 spiro atoms. The van der Waals surface area contributed by atoms with Gasteiger partial charge in [0.05, 0.1) is 0 Å². The van der Waals surface area contributed by atoms with Gasteiger partial charge in [0.25, 0.3) is 5.91 Å². The van der Waals surface area contributed by atoms with E-state index in [0.29, 0.717) is 18.5 Å². The number of hydrogen-bond acceptors (Lipinski definition) is 3. The Morgan fingerprint density at radius 3 is 2.80 bits per heavy atom. The number of halogens is 1. The summed E-state index contributed by atoms with van der Waals surface area (Å²) in [7, 11) is 1.72. The Morgan fingerprint density at radius 2 is 2.15 bits per heavy atom. The van der Waals surface area contributed by atoms with Gasteiger partial charge < -0.3 is 4.90 Å². The van der Waals surface area contributed by atoms with Gasteiger partial charge in [0, 0.05) is 42.4 Å². The number of hydrogen-bond donors (Lipinski definition) is 1. The van der Waals surface area contributed by atoms with Gasteiger partial charge in [-0.15, -0.1) is 12.6 Å². The first-order chi connectivity index (χ1) is 9.58. The second-order valence-corrected chi connectivity index (χ2v) is 4.95. The van der Waals surface area contributed by atoms with Crippen LogP contribution in [0, 0.1) is 5.82 Å². The third-order valence-electron chi connectivity index (χ3n) is 2.97. The summed E-state index contributed by atoms with van der Waals surface area (Å²) in [4.78, 5) is 18.2. The smallest absolute Gasteiger partial charge is 0.253 e. The molecule has 0 aliphatic carbocycles. The number of benzene rings is 1. The first-order valence-electron chi connectivity index (χ1n) is 6.22. The van der Waals surface area contributed by atoms with Crippen LogP contribution in [0.25, 0.3) is 0 Å². The van der Waals surface area contributed by atoms with Crippen molar-refractivity contribution in [1.29, 1.82) is 0 Å². The first kappa shape index (κ1) is 14.5. The van der Waals surface area contributed by atoms with Gasteiger partial charge in [0.1, 0.15) is 5.82 Å². The Bertz CT molecular complexity index is 604. The van der Waals surface area contributed by atoms with Gasteiger partial charge in [0.15, 0.2) is 0 Å². The molecule has 0 atom stereocenters. The highest BCUT2D eigenvalue weighted by atomic mass is 32.1. The lowest BCUT2D eigenvalue weighted by molar-refractivity contribution is 0.0796. The monoisotopic (exact) mass is 290 g/mol. The third-order valence-corrected chi connectivity index (χ3v) is 3.31. The van der Waals surface area contributed by atoms with Crippen LogP contribution in [0.4, 0.5) is 4.39 Å². The van der Waals surface area contributed by atoms with E-state index in [4.69, 9.17) is 0 Å². The number of nitrogens with zero attached hydrogens (tertiary/aromatic N) is 2. The second-order valence-electron chi connectivity index (χ2n) is 4.46. The standard InChI is InChI=1S/C15H15FN2OS/c1-18(9-7-12-4-2-3-8-17-12)15(19)11-5-6-13(16)14(20)10-11/h2-6,8,10,20H,7,9H2,1H3. The van der Waals surface area contributed by atoms with Crippen LogP contribution < -0.4 is 0 Å². The normalized spacial score (nSPS) is 10.3. The Morgan fingerprint density at radius 1 is 1.35 bits per heavy atom. The largest absolute Gasteiger partial charge is 0.341 e. The minimum atomic E-state index is -0.430. The maximum Gasteiger partial charge on any atom is 0.253 e. The van der Waals surface area contributed by atoms with E-state index < -0.39 is 5.82 Å². The number of aromatic nitrogens is 1. The molecule has 0 aliphatic heterocycles. The average molecular weight is 290 g/mol. The van der Waals surface area contributed by atoms with Gasteiger partial charge in [-0.1, -0.05) is 6.07 Å². The maximum absolute atomic E-state index is 13.1. The number of amides is 1. The molecule has 0 saturated carbocycles. The molecule has 1 heterocycles. The molecule has 2 aromatic rings. The quantitative estimate of drug-likeness (QED) is 0.878. The van der Waals surface area contributed by atoms with Crippen molar-refractivity contribution in [3.05, 3.63) is 59.7 Å². The first-order valence-corrected chi connectivity index (χ1v) is 6.66. The zero-order valence-electron chi connectivity index (χ0n) is 11.1. The van der Waals surface area contributed by atoms with E-state index >= 15 is 0 Å². The molecule has 0 radical (unpaired) electrons. The van der Waals surface area contributed by atoms with E-state index in [2.05, 4.69) is 17.6 Å². The van der Waals surface area contributed by atoms with Crippen molar-refractivity contribution in [2.75, 3.05) is 13.6 Å². The van der Waals surface area contributed by atoms with Crippen molar-refractivity contribution in [2.24, 2.45) is 0 Å². The molecule has 1 aromatic heterocycles. The van der Waals surface area contributed by atoms with Crippen molar-refractivity contribution in [3.8, 4) is 0 Å². The Kier molecular flexibility index (Phi) is 4.74. The molecule has 20 heavy (non-hydrogen) atoms. The van der Waals surface area contributed by atoms with Crippen molar-refractivity contribution in [3.63, 3.8) is 0 Å². The van der Waals surface area contributed by atoms with Crippen molar-refractivity contribution in [2.45, 2.75) is 11.3 Å². The average Bonchev–Trinajstić information content (AvgIpc) is 2.48. The van der Waals surface area contributed by atoms with Crippen LogP contribution in [0.5, 0.6) is 0 Å². The molecule has 1 amide bonds. The third kappa shape index (κ3) is 3.57. The number of carbonyl (C=O) groups is 1. The second kappa shape index (κ2) is 6.52. The van der Waals surface area contributed by atoms with E-state index in [9.17, 15) is 9.18 Å². The molecule has 3 nitrogen and oxygen atoms in total. The summed E-state index contributed by atoms with van der Waals surface area (Å²) in [6.07, 6.45) is 2.41. The summed E-state index contributed by atoms with van der Waals surface area (Å²) in [6.45, 7) is 0.551. The van der Waals surface area contributed by atoms with E-state index in [0.717, 1.165) is 5.69 Å². The lowest BCUT2D eigenvalue weighted by atomic mass is 10.2. The van der Waals surface area contributed by atoms with E-state index in [1.54, 1.807) is 18.1 Å². The fourth-order valence-corrected chi connectivity index (χ4v) is 2.01. The van der Waals surface area contributed by atoms with Crippen LogP contribution in [-0.2, 0) is 6.42 Å². The van der Waals surface area contributed by atoms with E-state index in [-0.39, 0.29) is 10.8 Å². The van der Waals surface area contributed by atoms with Crippen molar-refractivity contribution >= 4 is 18.5 Å². The molecular weight excluding hydrogens is 275 g/mol. The van der Waals surface area contributed by atoms with Gasteiger partial charge in [0.2, 0.25) is 0 Å². The maximum atomic E-state index is 13.1. The van der Waals surface area contributed by atoms with E-state index in [1.807, 2.05) is 18.2 Å². The minimum absolute atomic E-state index is 0.156. The van der Waals surface area contributed by atoms with Crippen LogP contribution in [-0.4, -0.2) is 29.4 Å². The lowest BCUT2D eigenvalue weighted by Gasteiger charge is -2.17. The molecular formula is C15H15FN2OS. The lowest BCUT2D eigenvalue weighted by Crippen LogP contribution is -2.29. The van der Waals surface area contributed by atoms with E-state index in [1.165, 1.54) is 18.2 Å². The minimum Gasteiger partial charge on any atom is -0.341 e. The topological polar surface area (TPSA) is 33.2 Å². The molecule has 1 aromatic carbocycles. The van der Waals surface area contributed by atoms with Crippen LogP contribution in [0.15, 0.2) is 47.5 Å². The van der Waals surface area contributed by atoms with Crippen LogP contribution in [0.3, 0.4) is 0 Å². The Labute approximate surface area is 122 Å². The number of thiol groups is 1. The molecule has 0 fully saturated rings. The molecule has 0 unspecified atom stereocenters. The number of rotatable bonds is 4. The van der Waals surface area contributed by atoms with Crippen LogP contribution in [0.2, 0.25) is 0 Å². The fourth-order valence-electron chi connectivity index (χ4n) is 1.80. The predicted octanol–water partition coefficient (Wildman–Crippen LogP) is 2.82.